The zero-order chi connectivity index (χ0) is 9.07. The lowest BCUT2D eigenvalue weighted by atomic mass is 10.3. The van der Waals surface area contributed by atoms with Gasteiger partial charge in [-0.15, -0.1) is 0 Å². The SMILES string of the molecule is CNC(=O)C=C(C)C(F)(F)F. The number of allylic oxidation sites excluding steroid dienone is 1. The van der Waals surface area contributed by atoms with E-state index in [-0.39, 0.29) is 0 Å². The van der Waals surface area contributed by atoms with Crippen LogP contribution in [-0.4, -0.2) is 19.1 Å². The summed E-state index contributed by atoms with van der Waals surface area (Å²) in [4.78, 5) is 10.4. The van der Waals surface area contributed by atoms with Gasteiger partial charge in [-0.25, -0.2) is 0 Å². The van der Waals surface area contributed by atoms with Crippen molar-refractivity contribution in [2.45, 2.75) is 13.1 Å². The number of hydrogen-bond donors (Lipinski definition) is 1. The highest BCUT2D eigenvalue weighted by Crippen LogP contribution is 2.24. The van der Waals surface area contributed by atoms with E-state index < -0.39 is 17.7 Å². The second-order valence-corrected chi connectivity index (χ2v) is 1.94. The van der Waals surface area contributed by atoms with Gasteiger partial charge in [-0.3, -0.25) is 4.79 Å². The minimum Gasteiger partial charge on any atom is -0.356 e. The normalized spacial score (nSPS) is 13.0. The van der Waals surface area contributed by atoms with Gasteiger partial charge in [-0.1, -0.05) is 0 Å². The number of carbonyl (C=O) groups excluding carboxylic acids is 1. The van der Waals surface area contributed by atoms with E-state index in [4.69, 9.17) is 0 Å². The monoisotopic (exact) mass is 167 g/mol. The summed E-state index contributed by atoms with van der Waals surface area (Å²) in [6.45, 7) is 0.842. The predicted molar refractivity (Wildman–Crippen MR) is 33.9 cm³/mol. The van der Waals surface area contributed by atoms with Crippen molar-refractivity contribution in [1.82, 2.24) is 5.32 Å². The Morgan fingerprint density at radius 2 is 1.91 bits per heavy atom. The maximum absolute atomic E-state index is 11.7. The Kier molecular flexibility index (Phi) is 3.10. The minimum absolute atomic E-state index is 0.514. The lowest BCUT2D eigenvalue weighted by Gasteiger charge is -2.04. The van der Waals surface area contributed by atoms with Crippen LogP contribution in [0.5, 0.6) is 0 Å². The molecule has 0 radical (unpaired) electrons. The molecule has 0 saturated carbocycles. The molecule has 11 heavy (non-hydrogen) atoms. The zero-order valence-electron chi connectivity index (χ0n) is 6.12. The molecule has 0 atom stereocenters. The minimum atomic E-state index is -4.41. The van der Waals surface area contributed by atoms with Crippen molar-refractivity contribution in [3.8, 4) is 0 Å². The summed E-state index contributed by atoms with van der Waals surface area (Å²) in [5.41, 5.74) is -0.906. The first-order valence-corrected chi connectivity index (χ1v) is 2.85. The van der Waals surface area contributed by atoms with Crippen LogP contribution in [0.25, 0.3) is 0 Å². The van der Waals surface area contributed by atoms with Gasteiger partial charge in [0.1, 0.15) is 0 Å². The highest BCUT2D eigenvalue weighted by atomic mass is 19.4. The maximum Gasteiger partial charge on any atom is 0.412 e. The summed E-state index contributed by atoms with van der Waals surface area (Å²) in [5.74, 6) is -0.750. The average molecular weight is 167 g/mol. The second-order valence-electron chi connectivity index (χ2n) is 1.94. The first-order chi connectivity index (χ1) is 4.88. The van der Waals surface area contributed by atoms with Gasteiger partial charge in [-0.05, 0) is 6.92 Å². The molecule has 1 amide bonds. The van der Waals surface area contributed by atoms with Gasteiger partial charge in [0.25, 0.3) is 0 Å². The molecule has 0 unspecified atom stereocenters. The van der Waals surface area contributed by atoms with Crippen molar-refractivity contribution < 1.29 is 18.0 Å². The molecule has 0 aromatic rings. The molecular weight excluding hydrogens is 159 g/mol. The summed E-state index contributed by atoms with van der Waals surface area (Å²) in [5, 5.41) is 2.05. The summed E-state index contributed by atoms with van der Waals surface area (Å²) in [7, 11) is 1.27. The molecule has 2 nitrogen and oxygen atoms in total. The zero-order valence-corrected chi connectivity index (χ0v) is 6.12. The van der Waals surface area contributed by atoms with Gasteiger partial charge in [0.2, 0.25) is 5.91 Å². The Bertz CT molecular complexity index is 183. The Morgan fingerprint density at radius 3 is 2.18 bits per heavy atom. The number of rotatable bonds is 1. The fraction of sp³-hybridized carbons (Fsp3) is 0.500. The van der Waals surface area contributed by atoms with Gasteiger partial charge < -0.3 is 5.32 Å². The van der Waals surface area contributed by atoms with Crippen LogP contribution in [0.4, 0.5) is 13.2 Å². The van der Waals surface area contributed by atoms with Gasteiger partial charge in [0, 0.05) is 18.7 Å². The molecular formula is C6H8F3NO. The van der Waals surface area contributed by atoms with E-state index in [1.165, 1.54) is 7.05 Å². The van der Waals surface area contributed by atoms with Crippen molar-refractivity contribution in [2.75, 3.05) is 7.05 Å². The lowest BCUT2D eigenvalue weighted by Crippen LogP contribution is -2.18. The molecule has 0 fully saturated rings. The summed E-state index contributed by atoms with van der Waals surface area (Å²) >= 11 is 0. The summed E-state index contributed by atoms with van der Waals surface area (Å²) in [6.07, 6.45) is -3.90. The van der Waals surface area contributed by atoms with Crippen LogP contribution >= 0.6 is 0 Å². The third-order valence-corrected chi connectivity index (χ3v) is 1.04. The molecule has 0 rings (SSSR count). The fourth-order valence-corrected chi connectivity index (χ4v) is 0.351. The number of hydrogen-bond acceptors (Lipinski definition) is 1. The van der Waals surface area contributed by atoms with Crippen LogP contribution < -0.4 is 5.32 Å². The van der Waals surface area contributed by atoms with Crippen molar-refractivity contribution >= 4 is 5.91 Å². The first-order valence-electron chi connectivity index (χ1n) is 2.85. The summed E-state index contributed by atoms with van der Waals surface area (Å²) in [6, 6.07) is 0. The van der Waals surface area contributed by atoms with Gasteiger partial charge in [0.15, 0.2) is 0 Å². The van der Waals surface area contributed by atoms with E-state index in [1.54, 1.807) is 0 Å². The topological polar surface area (TPSA) is 29.1 Å². The van der Waals surface area contributed by atoms with Crippen LogP contribution in [-0.2, 0) is 4.79 Å². The smallest absolute Gasteiger partial charge is 0.356 e. The van der Waals surface area contributed by atoms with E-state index in [9.17, 15) is 18.0 Å². The Labute approximate surface area is 62.1 Å². The number of nitrogens with one attached hydrogen (secondary N) is 1. The maximum atomic E-state index is 11.7. The highest BCUT2D eigenvalue weighted by Gasteiger charge is 2.30. The van der Waals surface area contributed by atoms with E-state index in [0.717, 1.165) is 6.92 Å². The average Bonchev–Trinajstić information content (AvgIpc) is 1.85. The van der Waals surface area contributed by atoms with Crippen LogP contribution in [0.3, 0.4) is 0 Å². The third kappa shape index (κ3) is 3.64. The molecule has 0 aliphatic rings. The Morgan fingerprint density at radius 1 is 1.45 bits per heavy atom. The third-order valence-electron chi connectivity index (χ3n) is 1.04. The van der Waals surface area contributed by atoms with Crippen LogP contribution in [0.15, 0.2) is 11.6 Å². The molecule has 0 aliphatic heterocycles. The van der Waals surface area contributed by atoms with Gasteiger partial charge >= 0.3 is 6.18 Å². The van der Waals surface area contributed by atoms with Crippen molar-refractivity contribution in [1.29, 1.82) is 0 Å². The number of amides is 1. The number of likely N-dealkylation sites (N-methyl/N-ethyl adjacent to an activating group) is 1. The van der Waals surface area contributed by atoms with E-state index in [1.807, 2.05) is 0 Å². The summed E-state index contributed by atoms with van der Waals surface area (Å²) < 4.78 is 35.1. The van der Waals surface area contributed by atoms with Crippen molar-refractivity contribution in [3.05, 3.63) is 11.6 Å². The Balaban J connectivity index is 4.35. The molecule has 0 spiro atoms. The van der Waals surface area contributed by atoms with Crippen LogP contribution in [0.1, 0.15) is 6.92 Å². The van der Waals surface area contributed by atoms with Crippen molar-refractivity contribution in [3.63, 3.8) is 0 Å². The first kappa shape index (κ1) is 10.0. The fourth-order valence-electron chi connectivity index (χ4n) is 0.351. The molecule has 0 aliphatic carbocycles. The van der Waals surface area contributed by atoms with Gasteiger partial charge in [0.05, 0.1) is 0 Å². The molecule has 0 bridgehead atoms. The largest absolute Gasteiger partial charge is 0.412 e. The predicted octanol–water partition coefficient (Wildman–Crippen LogP) is 1.24. The molecule has 0 saturated heterocycles. The van der Waals surface area contributed by atoms with E-state index in [2.05, 4.69) is 5.32 Å². The molecule has 0 aromatic carbocycles. The molecule has 0 aromatic heterocycles. The molecule has 1 N–H and O–H groups in total. The quantitative estimate of drug-likeness (QED) is 0.585. The standard InChI is InChI=1S/C6H8F3NO/c1-4(6(7,8)9)3-5(11)10-2/h3H,1-2H3,(H,10,11). The van der Waals surface area contributed by atoms with Crippen molar-refractivity contribution in [2.24, 2.45) is 0 Å². The number of carbonyl (C=O) groups is 1. The molecule has 5 heteroatoms. The number of halogens is 3. The van der Waals surface area contributed by atoms with Gasteiger partial charge in [-0.2, -0.15) is 13.2 Å². The Hall–Kier alpha value is -1.00. The highest BCUT2D eigenvalue weighted by molar-refractivity contribution is 5.87. The molecule has 0 heterocycles. The van der Waals surface area contributed by atoms with Crippen LogP contribution in [0.2, 0.25) is 0 Å². The van der Waals surface area contributed by atoms with Crippen LogP contribution in [0, 0.1) is 0 Å². The van der Waals surface area contributed by atoms with E-state index >= 15 is 0 Å². The molecule has 64 valence electrons. The van der Waals surface area contributed by atoms with E-state index in [0.29, 0.717) is 6.08 Å². The second kappa shape index (κ2) is 3.41. The lowest BCUT2D eigenvalue weighted by molar-refractivity contribution is -0.117. The number of alkyl halides is 3.